The Morgan fingerprint density at radius 3 is 2.57 bits per heavy atom. The van der Waals surface area contributed by atoms with Crippen LogP contribution in [0.15, 0.2) is 36.4 Å². The number of aryl methyl sites for hydroxylation is 2. The monoisotopic (exact) mass is 350 g/mol. The lowest BCUT2D eigenvalue weighted by Crippen LogP contribution is -2.05. The maximum Gasteiger partial charge on any atom is 0.162 e. The number of rotatable bonds is 3. The number of halogens is 3. The predicted octanol–water partition coefficient (Wildman–Crippen LogP) is 5.52. The van der Waals surface area contributed by atoms with Gasteiger partial charge in [0.1, 0.15) is 0 Å². The molecule has 1 aliphatic rings. The molecule has 0 aliphatic heterocycles. The van der Waals surface area contributed by atoms with Gasteiger partial charge in [0, 0.05) is 4.83 Å². The average Bonchev–Trinajstić information content (AvgIpc) is 2.51. The van der Waals surface area contributed by atoms with Crippen LogP contribution in [-0.2, 0) is 19.3 Å². The van der Waals surface area contributed by atoms with E-state index in [1.165, 1.54) is 24.0 Å². The van der Waals surface area contributed by atoms with E-state index in [1.54, 1.807) is 12.1 Å². The third kappa shape index (κ3) is 3.18. The third-order valence-corrected chi connectivity index (χ3v) is 5.02. The largest absolute Gasteiger partial charge is 0.204 e. The van der Waals surface area contributed by atoms with Crippen molar-refractivity contribution in [3.63, 3.8) is 0 Å². The fourth-order valence-corrected chi connectivity index (χ4v) is 3.60. The van der Waals surface area contributed by atoms with Crippen molar-refractivity contribution in [1.29, 1.82) is 0 Å². The highest BCUT2D eigenvalue weighted by molar-refractivity contribution is 9.09. The van der Waals surface area contributed by atoms with E-state index >= 15 is 0 Å². The van der Waals surface area contributed by atoms with Crippen LogP contribution in [0, 0.1) is 11.6 Å². The van der Waals surface area contributed by atoms with Gasteiger partial charge in [0.15, 0.2) is 11.6 Å². The lowest BCUT2D eigenvalue weighted by molar-refractivity contribution is 0.498. The highest BCUT2D eigenvalue weighted by Gasteiger charge is 2.16. The summed E-state index contributed by atoms with van der Waals surface area (Å²) < 4.78 is 27.0. The normalized spacial score (nSPS) is 15.6. The van der Waals surface area contributed by atoms with Gasteiger partial charge in [0.2, 0.25) is 0 Å². The number of fused-ring (bicyclic) bond motifs is 1. The summed E-state index contributed by atoms with van der Waals surface area (Å²) in [5, 5.41) is 0. The van der Waals surface area contributed by atoms with Crippen molar-refractivity contribution >= 4 is 15.9 Å². The molecule has 1 aliphatic carbocycles. The Balaban J connectivity index is 1.82. The molecule has 3 rings (SSSR count). The van der Waals surface area contributed by atoms with Crippen LogP contribution in [0.5, 0.6) is 0 Å². The van der Waals surface area contributed by atoms with Gasteiger partial charge in [-0.15, -0.1) is 0 Å². The molecule has 0 radical (unpaired) electrons. The van der Waals surface area contributed by atoms with Crippen LogP contribution in [-0.4, -0.2) is 0 Å². The van der Waals surface area contributed by atoms with Crippen LogP contribution in [0.3, 0.4) is 0 Å². The molecule has 21 heavy (non-hydrogen) atoms. The first-order valence-electron chi connectivity index (χ1n) is 7.34. The maximum atomic E-state index is 13.8. The Morgan fingerprint density at radius 1 is 1.00 bits per heavy atom. The molecule has 0 heterocycles. The van der Waals surface area contributed by atoms with Gasteiger partial charge in [-0.2, -0.15) is 0 Å². The van der Waals surface area contributed by atoms with Crippen LogP contribution in [0.1, 0.15) is 39.9 Å². The minimum Gasteiger partial charge on any atom is -0.204 e. The second-order valence-electron chi connectivity index (χ2n) is 5.62. The van der Waals surface area contributed by atoms with Crippen molar-refractivity contribution in [2.24, 2.45) is 0 Å². The van der Waals surface area contributed by atoms with Crippen molar-refractivity contribution in [1.82, 2.24) is 0 Å². The molecule has 0 spiro atoms. The van der Waals surface area contributed by atoms with E-state index in [2.05, 4.69) is 34.1 Å². The van der Waals surface area contributed by atoms with E-state index in [9.17, 15) is 8.78 Å². The van der Waals surface area contributed by atoms with Gasteiger partial charge in [-0.05, 0) is 60.4 Å². The van der Waals surface area contributed by atoms with Crippen LogP contribution < -0.4 is 0 Å². The molecule has 0 bridgehead atoms. The van der Waals surface area contributed by atoms with Crippen molar-refractivity contribution in [3.05, 3.63) is 70.3 Å². The summed E-state index contributed by atoms with van der Waals surface area (Å²) in [6.07, 6.45) is 5.22. The van der Waals surface area contributed by atoms with E-state index in [0.717, 1.165) is 24.5 Å². The molecule has 0 nitrogen and oxygen atoms in total. The van der Waals surface area contributed by atoms with Crippen molar-refractivity contribution in [3.8, 4) is 0 Å². The van der Waals surface area contributed by atoms with Crippen LogP contribution in [0.25, 0.3) is 0 Å². The number of benzene rings is 2. The molecule has 0 fully saturated rings. The second-order valence-corrected chi connectivity index (χ2v) is 6.73. The molecule has 0 saturated carbocycles. The Labute approximate surface area is 132 Å². The first-order valence-corrected chi connectivity index (χ1v) is 8.25. The molecule has 2 aromatic carbocycles. The molecule has 0 N–H and O–H groups in total. The standard InChI is InChI=1S/C18H17BrF2/c19-16(11-15-6-3-7-17(20)18(15)21)14-9-8-12-4-1-2-5-13(12)10-14/h3,6-10,16H,1-2,4-5,11H2. The zero-order valence-corrected chi connectivity index (χ0v) is 13.3. The van der Waals surface area contributed by atoms with Crippen molar-refractivity contribution in [2.75, 3.05) is 0 Å². The molecule has 1 unspecified atom stereocenters. The summed E-state index contributed by atoms with van der Waals surface area (Å²) in [5.74, 6) is -1.52. The summed E-state index contributed by atoms with van der Waals surface area (Å²) in [7, 11) is 0. The quantitative estimate of drug-likeness (QED) is 0.639. The highest BCUT2D eigenvalue weighted by Crippen LogP contribution is 2.31. The van der Waals surface area contributed by atoms with Crippen molar-refractivity contribution in [2.45, 2.75) is 36.9 Å². The molecule has 110 valence electrons. The van der Waals surface area contributed by atoms with Gasteiger partial charge in [-0.25, -0.2) is 8.78 Å². The SMILES string of the molecule is Fc1cccc(CC(Br)c2ccc3c(c2)CCCC3)c1F. The number of hydrogen-bond acceptors (Lipinski definition) is 0. The number of alkyl halides is 1. The van der Waals surface area contributed by atoms with E-state index in [1.807, 2.05) is 0 Å². The van der Waals surface area contributed by atoms with Crippen LogP contribution >= 0.6 is 15.9 Å². The Kier molecular flexibility index (Phi) is 4.39. The highest BCUT2D eigenvalue weighted by atomic mass is 79.9. The van der Waals surface area contributed by atoms with Gasteiger partial charge in [-0.1, -0.05) is 46.3 Å². The minimum absolute atomic E-state index is 0.000950. The third-order valence-electron chi connectivity index (χ3n) is 4.16. The summed E-state index contributed by atoms with van der Waals surface area (Å²) in [5.41, 5.74) is 4.39. The zero-order valence-electron chi connectivity index (χ0n) is 11.7. The molecule has 3 heteroatoms. The lowest BCUT2D eigenvalue weighted by Gasteiger charge is -2.18. The molecular formula is C18H17BrF2. The summed E-state index contributed by atoms with van der Waals surface area (Å²) in [6, 6.07) is 10.8. The van der Waals surface area contributed by atoms with E-state index in [0.29, 0.717) is 12.0 Å². The second kappa shape index (κ2) is 6.27. The molecule has 2 aromatic rings. The smallest absolute Gasteiger partial charge is 0.162 e. The molecule has 0 amide bonds. The van der Waals surface area contributed by atoms with Crippen LogP contribution in [0.2, 0.25) is 0 Å². The fourth-order valence-electron chi connectivity index (χ4n) is 2.97. The molecule has 0 saturated heterocycles. The first-order chi connectivity index (χ1) is 10.1. The van der Waals surface area contributed by atoms with Crippen molar-refractivity contribution < 1.29 is 8.78 Å². The molecule has 1 atom stereocenters. The van der Waals surface area contributed by atoms with Gasteiger partial charge >= 0.3 is 0 Å². The van der Waals surface area contributed by atoms with Gasteiger partial charge in [0.25, 0.3) is 0 Å². The van der Waals surface area contributed by atoms with Crippen LogP contribution in [0.4, 0.5) is 8.78 Å². The van der Waals surface area contributed by atoms with Gasteiger partial charge in [-0.3, -0.25) is 0 Å². The average molecular weight is 351 g/mol. The maximum absolute atomic E-state index is 13.8. The van der Waals surface area contributed by atoms with E-state index in [4.69, 9.17) is 0 Å². The molecular weight excluding hydrogens is 334 g/mol. The van der Waals surface area contributed by atoms with E-state index < -0.39 is 11.6 Å². The summed E-state index contributed by atoms with van der Waals surface area (Å²) in [4.78, 5) is 0.000950. The predicted molar refractivity (Wildman–Crippen MR) is 84.8 cm³/mol. The number of hydrogen-bond donors (Lipinski definition) is 0. The van der Waals surface area contributed by atoms with Gasteiger partial charge in [0.05, 0.1) is 0 Å². The van der Waals surface area contributed by atoms with E-state index in [-0.39, 0.29) is 4.83 Å². The summed E-state index contributed by atoms with van der Waals surface area (Å²) >= 11 is 3.62. The topological polar surface area (TPSA) is 0 Å². The molecule has 0 aromatic heterocycles. The minimum atomic E-state index is -0.780. The zero-order chi connectivity index (χ0) is 14.8. The summed E-state index contributed by atoms with van der Waals surface area (Å²) in [6.45, 7) is 0. The Bertz CT molecular complexity index is 652. The Hall–Kier alpha value is -1.22. The van der Waals surface area contributed by atoms with Gasteiger partial charge < -0.3 is 0 Å². The first kappa shape index (κ1) is 14.7. The lowest BCUT2D eigenvalue weighted by atomic mass is 9.89. The fraction of sp³-hybridized carbons (Fsp3) is 0.333. The Morgan fingerprint density at radius 2 is 1.76 bits per heavy atom.